The zero-order valence-electron chi connectivity index (χ0n) is 10.5. The van der Waals surface area contributed by atoms with E-state index in [1.807, 2.05) is 30.8 Å². The van der Waals surface area contributed by atoms with Gasteiger partial charge in [-0.3, -0.25) is 0 Å². The molecule has 2 atom stereocenters. The Balaban J connectivity index is 2.19. The number of benzene rings is 1. The molecule has 18 heavy (non-hydrogen) atoms. The Morgan fingerprint density at radius 2 is 2.33 bits per heavy atom. The minimum atomic E-state index is 0.495. The monoisotopic (exact) mass is 349 g/mol. The molecule has 0 saturated carbocycles. The van der Waals surface area contributed by atoms with Crippen LogP contribution in [0.5, 0.6) is 5.75 Å². The topological polar surface area (TPSA) is 21.3 Å². The average Bonchev–Trinajstić information content (AvgIpc) is 2.69. The van der Waals surface area contributed by atoms with Gasteiger partial charge in [-0.15, -0.1) is 0 Å². The molecule has 0 amide bonds. The van der Waals surface area contributed by atoms with Crippen LogP contribution in [-0.2, 0) is 0 Å². The lowest BCUT2D eigenvalue weighted by Crippen LogP contribution is -2.19. The molecule has 2 unspecified atom stereocenters. The first kappa shape index (κ1) is 14.4. The van der Waals surface area contributed by atoms with Crippen LogP contribution in [0.2, 0.25) is 5.02 Å². The molecule has 1 aliphatic rings. The van der Waals surface area contributed by atoms with Gasteiger partial charge in [0.25, 0.3) is 0 Å². The second-order valence-electron chi connectivity index (χ2n) is 4.42. The van der Waals surface area contributed by atoms with Crippen molar-refractivity contribution in [1.82, 2.24) is 0 Å². The Kier molecular flexibility index (Phi) is 5.10. The van der Waals surface area contributed by atoms with Crippen molar-refractivity contribution in [2.24, 2.45) is 0 Å². The van der Waals surface area contributed by atoms with Crippen LogP contribution in [0.15, 0.2) is 16.6 Å². The van der Waals surface area contributed by atoms with E-state index in [0.717, 1.165) is 26.9 Å². The molecular weight excluding hydrogens is 334 g/mol. The number of halogens is 2. The van der Waals surface area contributed by atoms with Crippen LogP contribution in [-0.4, -0.2) is 23.7 Å². The number of nitrogens with one attached hydrogen (secondary N) is 1. The third kappa shape index (κ3) is 3.49. The molecule has 0 aliphatic carbocycles. The molecule has 1 aromatic rings. The quantitative estimate of drug-likeness (QED) is 0.842. The summed E-state index contributed by atoms with van der Waals surface area (Å²) in [6.45, 7) is 4.90. The van der Waals surface area contributed by atoms with Gasteiger partial charge in [0.1, 0.15) is 0 Å². The summed E-state index contributed by atoms with van der Waals surface area (Å²) in [7, 11) is 0. The molecule has 0 spiro atoms. The Morgan fingerprint density at radius 3 is 2.94 bits per heavy atom. The molecule has 1 aliphatic heterocycles. The fourth-order valence-corrected chi connectivity index (χ4v) is 4.17. The Bertz CT molecular complexity index is 430. The summed E-state index contributed by atoms with van der Waals surface area (Å²) in [4.78, 5) is 0. The van der Waals surface area contributed by atoms with E-state index in [4.69, 9.17) is 16.3 Å². The standard InChI is InChI=1S/C13H17BrClNOS/c1-3-17-13-11(14)5-9(15)6-12(13)16-10-4-8(2)18-7-10/h5-6,8,10,16H,3-4,7H2,1-2H3. The van der Waals surface area contributed by atoms with Gasteiger partial charge in [0.2, 0.25) is 0 Å². The maximum Gasteiger partial charge on any atom is 0.156 e. The summed E-state index contributed by atoms with van der Waals surface area (Å²) in [5.74, 6) is 1.99. The van der Waals surface area contributed by atoms with Crippen molar-refractivity contribution in [1.29, 1.82) is 0 Å². The van der Waals surface area contributed by atoms with Gasteiger partial charge in [-0.05, 0) is 41.4 Å². The molecule has 0 aromatic heterocycles. The van der Waals surface area contributed by atoms with Crippen molar-refractivity contribution >= 4 is 45.0 Å². The van der Waals surface area contributed by atoms with Crippen LogP contribution in [0.25, 0.3) is 0 Å². The van der Waals surface area contributed by atoms with Gasteiger partial charge < -0.3 is 10.1 Å². The molecule has 1 N–H and O–H groups in total. The summed E-state index contributed by atoms with van der Waals surface area (Å²) < 4.78 is 6.59. The van der Waals surface area contributed by atoms with Crippen molar-refractivity contribution in [3.05, 3.63) is 21.6 Å². The molecule has 2 rings (SSSR count). The predicted octanol–water partition coefficient (Wildman–Crippen LogP) is 4.81. The van der Waals surface area contributed by atoms with Crippen molar-refractivity contribution in [2.45, 2.75) is 31.6 Å². The van der Waals surface area contributed by atoms with Gasteiger partial charge in [0.15, 0.2) is 5.75 Å². The van der Waals surface area contributed by atoms with Gasteiger partial charge in [-0.1, -0.05) is 18.5 Å². The lowest BCUT2D eigenvalue weighted by atomic mass is 10.2. The molecule has 1 heterocycles. The van der Waals surface area contributed by atoms with E-state index >= 15 is 0 Å². The summed E-state index contributed by atoms with van der Waals surface area (Å²) in [6, 6.07) is 4.30. The van der Waals surface area contributed by atoms with Crippen molar-refractivity contribution in [3.63, 3.8) is 0 Å². The van der Waals surface area contributed by atoms with Crippen molar-refractivity contribution in [2.75, 3.05) is 17.7 Å². The van der Waals surface area contributed by atoms with Crippen LogP contribution in [0.1, 0.15) is 20.3 Å². The third-order valence-corrected chi connectivity index (χ3v) is 5.02. The fraction of sp³-hybridized carbons (Fsp3) is 0.538. The maximum atomic E-state index is 6.11. The zero-order chi connectivity index (χ0) is 13.1. The van der Waals surface area contributed by atoms with E-state index in [-0.39, 0.29) is 0 Å². The summed E-state index contributed by atoms with van der Waals surface area (Å²) in [6.07, 6.45) is 1.18. The number of anilines is 1. The molecule has 0 radical (unpaired) electrons. The first-order chi connectivity index (χ1) is 8.60. The van der Waals surface area contributed by atoms with Crippen LogP contribution >= 0.6 is 39.3 Å². The van der Waals surface area contributed by atoms with E-state index < -0.39 is 0 Å². The molecule has 5 heteroatoms. The molecular formula is C13H17BrClNOS. The zero-order valence-corrected chi connectivity index (χ0v) is 13.7. The summed E-state index contributed by atoms with van der Waals surface area (Å²) in [5, 5.41) is 4.98. The van der Waals surface area contributed by atoms with E-state index in [1.54, 1.807) is 0 Å². The molecule has 1 aromatic carbocycles. The minimum absolute atomic E-state index is 0.495. The minimum Gasteiger partial charge on any atom is -0.491 e. The van der Waals surface area contributed by atoms with E-state index in [9.17, 15) is 0 Å². The second kappa shape index (κ2) is 6.40. The van der Waals surface area contributed by atoms with Crippen molar-refractivity contribution < 1.29 is 4.74 Å². The van der Waals surface area contributed by atoms with Crippen LogP contribution < -0.4 is 10.1 Å². The highest BCUT2D eigenvalue weighted by atomic mass is 79.9. The first-order valence-electron chi connectivity index (χ1n) is 6.10. The van der Waals surface area contributed by atoms with Crippen LogP contribution in [0, 0.1) is 0 Å². The lowest BCUT2D eigenvalue weighted by molar-refractivity contribution is 0.339. The van der Waals surface area contributed by atoms with Crippen LogP contribution in [0.4, 0.5) is 5.69 Å². The highest BCUT2D eigenvalue weighted by Gasteiger charge is 2.23. The van der Waals surface area contributed by atoms with Gasteiger partial charge in [0, 0.05) is 22.1 Å². The number of hydrogen-bond donors (Lipinski definition) is 1. The van der Waals surface area contributed by atoms with E-state index in [0.29, 0.717) is 17.7 Å². The second-order valence-corrected chi connectivity index (χ2v) is 7.18. The van der Waals surface area contributed by atoms with Gasteiger partial charge in [-0.2, -0.15) is 11.8 Å². The third-order valence-electron chi connectivity index (χ3n) is 2.86. The van der Waals surface area contributed by atoms with Gasteiger partial charge in [0.05, 0.1) is 16.8 Å². The number of hydrogen-bond acceptors (Lipinski definition) is 3. The number of ether oxygens (including phenoxy) is 1. The normalized spacial score (nSPS) is 23.1. The molecule has 1 fully saturated rings. The van der Waals surface area contributed by atoms with E-state index in [1.165, 1.54) is 6.42 Å². The molecule has 2 nitrogen and oxygen atoms in total. The molecule has 100 valence electrons. The SMILES string of the molecule is CCOc1c(Br)cc(Cl)cc1NC1CSC(C)C1. The smallest absolute Gasteiger partial charge is 0.156 e. The highest BCUT2D eigenvalue weighted by molar-refractivity contribution is 9.10. The Hall–Kier alpha value is -0.0600. The van der Waals surface area contributed by atoms with Crippen molar-refractivity contribution in [3.8, 4) is 5.75 Å². The number of rotatable bonds is 4. The molecule has 1 saturated heterocycles. The lowest BCUT2D eigenvalue weighted by Gasteiger charge is -2.18. The highest BCUT2D eigenvalue weighted by Crippen LogP contribution is 2.38. The Labute approximate surface area is 126 Å². The largest absolute Gasteiger partial charge is 0.491 e. The fourth-order valence-electron chi connectivity index (χ4n) is 2.10. The maximum absolute atomic E-state index is 6.11. The Morgan fingerprint density at radius 1 is 1.56 bits per heavy atom. The number of thioether (sulfide) groups is 1. The summed E-state index contributed by atoms with van der Waals surface area (Å²) >= 11 is 11.6. The van der Waals surface area contributed by atoms with Gasteiger partial charge >= 0.3 is 0 Å². The summed E-state index contributed by atoms with van der Waals surface area (Å²) in [5.41, 5.74) is 0.982. The first-order valence-corrected chi connectivity index (χ1v) is 8.32. The predicted molar refractivity (Wildman–Crippen MR) is 84.3 cm³/mol. The molecule has 0 bridgehead atoms. The van der Waals surface area contributed by atoms with Crippen LogP contribution in [0.3, 0.4) is 0 Å². The van der Waals surface area contributed by atoms with E-state index in [2.05, 4.69) is 28.2 Å². The van der Waals surface area contributed by atoms with Gasteiger partial charge in [-0.25, -0.2) is 0 Å². The average molecular weight is 351 g/mol.